The number of rotatable bonds is 5. The molecule has 0 atom stereocenters. The fourth-order valence-electron chi connectivity index (χ4n) is 0.547. The molecule has 0 aromatic carbocycles. The summed E-state index contributed by atoms with van der Waals surface area (Å²) in [5.74, 6) is 0.0376. The normalized spacial score (nSPS) is 10.9. The van der Waals surface area contributed by atoms with Gasteiger partial charge in [0.2, 0.25) is 0 Å². The molecule has 0 amide bonds. The van der Waals surface area contributed by atoms with Crippen LogP contribution in [-0.2, 0) is 14.4 Å². The maximum Gasteiger partial charge on any atom is 0.167 e. The molecule has 0 radical (unpaired) electrons. The first-order chi connectivity index (χ1) is 5.20. The van der Waals surface area contributed by atoms with Gasteiger partial charge in [0.25, 0.3) is 0 Å². The van der Waals surface area contributed by atoms with Crippen molar-refractivity contribution in [3.05, 3.63) is 0 Å². The quantitative estimate of drug-likeness (QED) is 0.333. The minimum Gasteiger partial charge on any atom is -0.399 e. The van der Waals surface area contributed by atoms with E-state index in [1.54, 1.807) is 0 Å². The molecule has 0 aliphatic heterocycles. The van der Waals surface area contributed by atoms with Crippen LogP contribution < -0.4 is 0 Å². The summed E-state index contributed by atoms with van der Waals surface area (Å²) in [6.45, 7) is 1.47. The molecule has 0 aromatic rings. The van der Waals surface area contributed by atoms with Crippen molar-refractivity contribution in [3.8, 4) is 0 Å². The summed E-state index contributed by atoms with van der Waals surface area (Å²) in [4.78, 5) is 25.0. The first kappa shape index (κ1) is 9.81. The maximum absolute atomic E-state index is 10.5. The van der Waals surface area contributed by atoms with E-state index in [-0.39, 0.29) is 11.5 Å². The first-order valence-electron chi connectivity index (χ1n) is 3.25. The SMILES string of the molecule is CON=C(C=O)CCC(C)=O. The highest BCUT2D eigenvalue weighted by atomic mass is 16.6. The number of hydrogen-bond donors (Lipinski definition) is 0. The predicted molar refractivity (Wildman–Crippen MR) is 40.4 cm³/mol. The molecule has 11 heavy (non-hydrogen) atoms. The van der Waals surface area contributed by atoms with E-state index in [2.05, 4.69) is 9.99 Å². The van der Waals surface area contributed by atoms with Gasteiger partial charge in [0.1, 0.15) is 18.6 Å². The van der Waals surface area contributed by atoms with Crippen molar-refractivity contribution < 1.29 is 14.4 Å². The number of hydrogen-bond acceptors (Lipinski definition) is 4. The molecule has 0 aliphatic rings. The second kappa shape index (κ2) is 5.58. The van der Waals surface area contributed by atoms with Crippen LogP contribution in [-0.4, -0.2) is 24.9 Å². The Hall–Kier alpha value is -1.19. The second-order valence-electron chi connectivity index (χ2n) is 2.09. The predicted octanol–water partition coefficient (Wildman–Crippen LogP) is 0.557. The Kier molecular flexibility index (Phi) is 4.98. The lowest BCUT2D eigenvalue weighted by atomic mass is 10.2. The van der Waals surface area contributed by atoms with Crippen LogP contribution in [0.25, 0.3) is 0 Å². The van der Waals surface area contributed by atoms with Gasteiger partial charge in [-0.3, -0.25) is 4.79 Å². The average Bonchev–Trinajstić information content (AvgIpc) is 1.97. The number of carbonyl (C=O) groups is 2. The van der Waals surface area contributed by atoms with E-state index in [0.717, 1.165) is 0 Å². The topological polar surface area (TPSA) is 55.7 Å². The van der Waals surface area contributed by atoms with Crippen molar-refractivity contribution in [2.75, 3.05) is 7.11 Å². The van der Waals surface area contributed by atoms with Crippen LogP contribution >= 0.6 is 0 Å². The molecule has 4 nitrogen and oxygen atoms in total. The summed E-state index contributed by atoms with van der Waals surface area (Å²) in [6, 6.07) is 0. The summed E-state index contributed by atoms with van der Waals surface area (Å²) in [7, 11) is 1.36. The van der Waals surface area contributed by atoms with Crippen molar-refractivity contribution in [2.45, 2.75) is 19.8 Å². The first-order valence-corrected chi connectivity index (χ1v) is 3.25. The van der Waals surface area contributed by atoms with Gasteiger partial charge in [-0.25, -0.2) is 0 Å². The third kappa shape index (κ3) is 5.26. The Morgan fingerprint density at radius 1 is 1.55 bits per heavy atom. The van der Waals surface area contributed by atoms with Gasteiger partial charge < -0.3 is 9.63 Å². The zero-order chi connectivity index (χ0) is 8.69. The smallest absolute Gasteiger partial charge is 0.167 e. The van der Waals surface area contributed by atoms with Crippen LogP contribution in [0.1, 0.15) is 19.8 Å². The van der Waals surface area contributed by atoms with Gasteiger partial charge in [0, 0.05) is 12.8 Å². The molecule has 0 fully saturated rings. The van der Waals surface area contributed by atoms with Gasteiger partial charge >= 0.3 is 0 Å². The molecule has 0 saturated carbocycles. The third-order valence-electron chi connectivity index (χ3n) is 1.08. The van der Waals surface area contributed by atoms with Crippen molar-refractivity contribution in [3.63, 3.8) is 0 Å². The van der Waals surface area contributed by atoms with Crippen LogP contribution in [0.15, 0.2) is 5.16 Å². The van der Waals surface area contributed by atoms with E-state index >= 15 is 0 Å². The Bertz CT molecular complexity index is 175. The van der Waals surface area contributed by atoms with E-state index in [4.69, 9.17) is 0 Å². The molecule has 0 unspecified atom stereocenters. The molecule has 4 heteroatoms. The van der Waals surface area contributed by atoms with Gasteiger partial charge in [-0.1, -0.05) is 5.16 Å². The highest BCUT2D eigenvalue weighted by molar-refractivity contribution is 6.28. The number of Topliss-reactive ketones (excluding diaryl/α,β-unsaturated/α-hetero) is 1. The van der Waals surface area contributed by atoms with E-state index < -0.39 is 0 Å². The van der Waals surface area contributed by atoms with Gasteiger partial charge in [0.05, 0.1) is 0 Å². The lowest BCUT2D eigenvalue weighted by Crippen LogP contribution is -2.03. The Labute approximate surface area is 65.2 Å². The molecule has 0 heterocycles. The maximum atomic E-state index is 10.5. The van der Waals surface area contributed by atoms with Gasteiger partial charge in [0.15, 0.2) is 6.29 Å². The van der Waals surface area contributed by atoms with E-state index in [1.807, 2.05) is 0 Å². The van der Waals surface area contributed by atoms with Gasteiger partial charge in [-0.15, -0.1) is 0 Å². The van der Waals surface area contributed by atoms with Crippen LogP contribution in [0.4, 0.5) is 0 Å². The molecule has 0 aromatic heterocycles. The lowest BCUT2D eigenvalue weighted by molar-refractivity contribution is -0.116. The van der Waals surface area contributed by atoms with Crippen LogP contribution in [0.2, 0.25) is 0 Å². The van der Waals surface area contributed by atoms with Gasteiger partial charge in [-0.05, 0) is 6.92 Å². The summed E-state index contributed by atoms with van der Waals surface area (Å²) in [5, 5.41) is 3.41. The van der Waals surface area contributed by atoms with Crippen LogP contribution in [0.5, 0.6) is 0 Å². The largest absolute Gasteiger partial charge is 0.399 e. The van der Waals surface area contributed by atoms with Crippen molar-refractivity contribution >= 4 is 17.8 Å². The molecular weight excluding hydrogens is 146 g/mol. The van der Waals surface area contributed by atoms with Crippen molar-refractivity contribution in [2.24, 2.45) is 5.16 Å². The molecule has 0 aliphatic carbocycles. The standard InChI is InChI=1S/C7H11NO3/c1-6(10)3-4-7(5-9)8-11-2/h5H,3-4H2,1-2H3. The summed E-state index contributed by atoms with van der Waals surface area (Å²) >= 11 is 0. The Morgan fingerprint density at radius 2 is 2.18 bits per heavy atom. The highest BCUT2D eigenvalue weighted by Crippen LogP contribution is 1.92. The lowest BCUT2D eigenvalue weighted by Gasteiger charge is -1.93. The molecule has 0 saturated heterocycles. The Balaban J connectivity index is 3.79. The number of nitrogens with zero attached hydrogens (tertiary/aromatic N) is 1. The molecule has 0 bridgehead atoms. The fourth-order valence-corrected chi connectivity index (χ4v) is 0.547. The minimum atomic E-state index is 0.0376. The number of carbonyl (C=O) groups excluding carboxylic acids is 2. The van der Waals surface area contributed by atoms with E-state index in [1.165, 1.54) is 14.0 Å². The fraction of sp³-hybridized carbons (Fsp3) is 0.571. The van der Waals surface area contributed by atoms with Crippen molar-refractivity contribution in [1.82, 2.24) is 0 Å². The highest BCUT2D eigenvalue weighted by Gasteiger charge is 2.00. The summed E-state index contributed by atoms with van der Waals surface area (Å²) < 4.78 is 0. The Morgan fingerprint density at radius 3 is 2.55 bits per heavy atom. The molecule has 0 N–H and O–H groups in total. The molecule has 62 valence electrons. The zero-order valence-electron chi connectivity index (χ0n) is 6.66. The number of oxime groups is 1. The monoisotopic (exact) mass is 157 g/mol. The molecule has 0 spiro atoms. The van der Waals surface area contributed by atoms with Crippen molar-refractivity contribution in [1.29, 1.82) is 0 Å². The third-order valence-corrected chi connectivity index (χ3v) is 1.08. The summed E-state index contributed by atoms with van der Waals surface area (Å²) in [6.07, 6.45) is 1.28. The second-order valence-corrected chi connectivity index (χ2v) is 2.09. The average molecular weight is 157 g/mol. The number of aldehydes is 1. The minimum absolute atomic E-state index is 0.0376. The number of ketones is 1. The van der Waals surface area contributed by atoms with Crippen LogP contribution in [0, 0.1) is 0 Å². The summed E-state index contributed by atoms with van der Waals surface area (Å²) in [5.41, 5.74) is 0.266. The van der Waals surface area contributed by atoms with E-state index in [0.29, 0.717) is 19.1 Å². The van der Waals surface area contributed by atoms with E-state index in [9.17, 15) is 9.59 Å². The molecule has 0 rings (SSSR count). The van der Waals surface area contributed by atoms with Crippen LogP contribution in [0.3, 0.4) is 0 Å². The zero-order valence-corrected chi connectivity index (χ0v) is 6.66. The van der Waals surface area contributed by atoms with Gasteiger partial charge in [-0.2, -0.15) is 0 Å². The molecular formula is C7H11NO3.